The molecule has 2 aliphatic rings. The lowest BCUT2D eigenvalue weighted by atomic mass is 9.89. The number of amides is 1. The molecular formula is C16H18N4O. The molecule has 3 heterocycles. The van der Waals surface area contributed by atoms with E-state index in [9.17, 15) is 4.79 Å². The van der Waals surface area contributed by atoms with Crippen molar-refractivity contribution in [2.75, 3.05) is 18.4 Å². The normalized spacial score (nSPS) is 20.4. The first-order valence-corrected chi connectivity index (χ1v) is 7.44. The lowest BCUT2D eigenvalue weighted by Gasteiger charge is -2.33. The van der Waals surface area contributed by atoms with Crippen LogP contribution in [0.1, 0.15) is 23.7 Å². The fourth-order valence-corrected chi connectivity index (χ4v) is 3.31. The van der Waals surface area contributed by atoms with Crippen molar-refractivity contribution in [1.29, 1.82) is 0 Å². The smallest absolute Gasteiger partial charge is 0.230 e. The first-order valence-electron chi connectivity index (χ1n) is 7.44. The molecule has 4 rings (SSSR count). The van der Waals surface area contributed by atoms with Gasteiger partial charge in [0.05, 0.1) is 12.5 Å². The number of carbonyl (C=O) groups is 1. The van der Waals surface area contributed by atoms with Gasteiger partial charge in [-0.25, -0.2) is 4.98 Å². The minimum absolute atomic E-state index is 0.0241. The summed E-state index contributed by atoms with van der Waals surface area (Å²) in [5.41, 5.74) is 2.23. The third kappa shape index (κ3) is 2.09. The van der Waals surface area contributed by atoms with Gasteiger partial charge in [-0.15, -0.1) is 0 Å². The molecule has 0 fully saturated rings. The number of carbonyl (C=O) groups excluding carboxylic acids is 1. The molecule has 1 atom stereocenters. The number of fused-ring (bicyclic) bond motifs is 2. The van der Waals surface area contributed by atoms with Gasteiger partial charge >= 0.3 is 0 Å². The van der Waals surface area contributed by atoms with Crippen molar-refractivity contribution in [1.82, 2.24) is 14.5 Å². The number of hydrogen-bond donors (Lipinski definition) is 1. The first-order chi connectivity index (χ1) is 10.3. The van der Waals surface area contributed by atoms with Gasteiger partial charge < -0.3 is 14.8 Å². The minimum Gasteiger partial charge on any atom is -0.385 e. The zero-order valence-corrected chi connectivity index (χ0v) is 11.8. The second kappa shape index (κ2) is 4.91. The van der Waals surface area contributed by atoms with E-state index in [2.05, 4.69) is 27.0 Å². The standard InChI is InChI=1S/C16H18N4O/c21-16(20-10-9-19-8-7-18-15(19)11-20)13-5-6-17-14-4-2-1-3-12(13)14/h1-4,7-8,13,17H,5-6,9-11H2. The van der Waals surface area contributed by atoms with E-state index < -0.39 is 0 Å². The van der Waals surface area contributed by atoms with E-state index in [1.54, 1.807) is 0 Å². The number of rotatable bonds is 1. The van der Waals surface area contributed by atoms with Crippen molar-refractivity contribution in [2.45, 2.75) is 25.4 Å². The summed E-state index contributed by atoms with van der Waals surface area (Å²) >= 11 is 0. The number of aromatic nitrogens is 2. The van der Waals surface area contributed by atoms with Crippen LogP contribution in [0.3, 0.4) is 0 Å². The summed E-state index contributed by atoms with van der Waals surface area (Å²) in [4.78, 5) is 19.2. The van der Waals surface area contributed by atoms with Gasteiger partial charge in [0, 0.05) is 37.7 Å². The van der Waals surface area contributed by atoms with Crippen LogP contribution in [-0.4, -0.2) is 33.4 Å². The Hall–Kier alpha value is -2.30. The average molecular weight is 282 g/mol. The quantitative estimate of drug-likeness (QED) is 0.868. The zero-order valence-electron chi connectivity index (χ0n) is 11.8. The maximum atomic E-state index is 12.9. The van der Waals surface area contributed by atoms with Crippen molar-refractivity contribution in [3.05, 3.63) is 48.0 Å². The number of nitrogens with one attached hydrogen (secondary N) is 1. The maximum absolute atomic E-state index is 12.9. The van der Waals surface area contributed by atoms with E-state index in [4.69, 9.17) is 0 Å². The van der Waals surface area contributed by atoms with Gasteiger partial charge in [-0.2, -0.15) is 0 Å². The molecule has 2 aliphatic heterocycles. The van der Waals surface area contributed by atoms with Crippen LogP contribution in [0.15, 0.2) is 36.7 Å². The Morgan fingerprint density at radius 1 is 1.29 bits per heavy atom. The molecular weight excluding hydrogens is 264 g/mol. The zero-order chi connectivity index (χ0) is 14.2. The molecule has 5 nitrogen and oxygen atoms in total. The van der Waals surface area contributed by atoms with E-state index in [0.29, 0.717) is 6.54 Å². The van der Waals surface area contributed by atoms with Crippen LogP contribution in [-0.2, 0) is 17.9 Å². The lowest BCUT2D eigenvalue weighted by Crippen LogP contribution is -2.42. The molecule has 1 aromatic heterocycles. The highest BCUT2D eigenvalue weighted by Crippen LogP contribution is 2.33. The Labute approximate surface area is 123 Å². The summed E-state index contributed by atoms with van der Waals surface area (Å²) < 4.78 is 2.13. The van der Waals surface area contributed by atoms with Crippen LogP contribution < -0.4 is 5.32 Å². The van der Waals surface area contributed by atoms with Gasteiger partial charge in [0.25, 0.3) is 0 Å². The van der Waals surface area contributed by atoms with Gasteiger partial charge in [-0.1, -0.05) is 18.2 Å². The molecule has 21 heavy (non-hydrogen) atoms. The molecule has 2 aromatic rings. The van der Waals surface area contributed by atoms with E-state index in [-0.39, 0.29) is 11.8 Å². The molecule has 0 radical (unpaired) electrons. The predicted molar refractivity (Wildman–Crippen MR) is 79.9 cm³/mol. The van der Waals surface area contributed by atoms with Crippen LogP contribution >= 0.6 is 0 Å². The van der Waals surface area contributed by atoms with E-state index in [0.717, 1.165) is 43.1 Å². The molecule has 0 bridgehead atoms. The van der Waals surface area contributed by atoms with E-state index >= 15 is 0 Å². The second-order valence-corrected chi connectivity index (χ2v) is 5.65. The Balaban J connectivity index is 1.59. The molecule has 5 heteroatoms. The van der Waals surface area contributed by atoms with Crippen LogP contribution in [0.2, 0.25) is 0 Å². The van der Waals surface area contributed by atoms with Gasteiger partial charge in [0.2, 0.25) is 5.91 Å². The maximum Gasteiger partial charge on any atom is 0.230 e. The molecule has 0 saturated heterocycles. The predicted octanol–water partition coefficient (Wildman–Crippen LogP) is 1.82. The summed E-state index contributed by atoms with van der Waals surface area (Å²) in [5, 5.41) is 3.37. The number of nitrogens with zero attached hydrogens (tertiary/aromatic N) is 3. The highest BCUT2D eigenvalue weighted by atomic mass is 16.2. The highest BCUT2D eigenvalue weighted by Gasteiger charge is 2.31. The number of para-hydroxylation sites is 1. The van der Waals surface area contributed by atoms with Gasteiger partial charge in [0.1, 0.15) is 5.82 Å². The van der Waals surface area contributed by atoms with Crippen LogP contribution in [0.25, 0.3) is 0 Å². The summed E-state index contributed by atoms with van der Waals surface area (Å²) in [5.74, 6) is 1.19. The first kappa shape index (κ1) is 12.4. The average Bonchev–Trinajstić information content (AvgIpc) is 3.01. The molecule has 1 N–H and O–H groups in total. The van der Waals surface area contributed by atoms with Gasteiger partial charge in [-0.3, -0.25) is 4.79 Å². The lowest BCUT2D eigenvalue weighted by molar-refractivity contribution is -0.134. The van der Waals surface area contributed by atoms with Gasteiger partial charge in [0.15, 0.2) is 0 Å². The topological polar surface area (TPSA) is 50.2 Å². The SMILES string of the molecule is O=C(C1CCNc2ccccc21)N1CCn2ccnc2C1. The summed E-state index contributed by atoms with van der Waals surface area (Å²) in [6.07, 6.45) is 4.65. The number of benzene rings is 1. The largest absolute Gasteiger partial charge is 0.385 e. The summed E-state index contributed by atoms with van der Waals surface area (Å²) in [7, 11) is 0. The molecule has 0 spiro atoms. The third-order valence-electron chi connectivity index (χ3n) is 4.44. The molecule has 1 unspecified atom stereocenters. The summed E-state index contributed by atoms with van der Waals surface area (Å²) in [6, 6.07) is 8.14. The van der Waals surface area contributed by atoms with Crippen molar-refractivity contribution < 1.29 is 4.79 Å². The Morgan fingerprint density at radius 3 is 3.14 bits per heavy atom. The minimum atomic E-state index is -0.0241. The molecule has 1 amide bonds. The van der Waals surface area contributed by atoms with Gasteiger partial charge in [-0.05, 0) is 18.1 Å². The Bertz CT molecular complexity index is 678. The van der Waals surface area contributed by atoms with Crippen molar-refractivity contribution >= 4 is 11.6 Å². The number of imidazole rings is 1. The van der Waals surface area contributed by atoms with Crippen molar-refractivity contribution in [3.63, 3.8) is 0 Å². The van der Waals surface area contributed by atoms with Crippen molar-refractivity contribution in [3.8, 4) is 0 Å². The second-order valence-electron chi connectivity index (χ2n) is 5.65. The monoisotopic (exact) mass is 282 g/mol. The molecule has 108 valence electrons. The summed E-state index contributed by atoms with van der Waals surface area (Å²) in [6.45, 7) is 3.09. The number of anilines is 1. The molecule has 0 aliphatic carbocycles. The van der Waals surface area contributed by atoms with E-state index in [1.807, 2.05) is 29.4 Å². The number of hydrogen-bond acceptors (Lipinski definition) is 3. The Kier molecular flexibility index (Phi) is 2.91. The highest BCUT2D eigenvalue weighted by molar-refractivity contribution is 5.86. The van der Waals surface area contributed by atoms with Crippen molar-refractivity contribution in [2.24, 2.45) is 0 Å². The molecule has 1 aromatic carbocycles. The third-order valence-corrected chi connectivity index (χ3v) is 4.44. The van der Waals surface area contributed by atoms with Crippen LogP contribution in [0.5, 0.6) is 0 Å². The van der Waals surface area contributed by atoms with E-state index in [1.165, 1.54) is 0 Å². The fraction of sp³-hybridized carbons (Fsp3) is 0.375. The Morgan fingerprint density at radius 2 is 2.19 bits per heavy atom. The molecule has 0 saturated carbocycles. The van der Waals surface area contributed by atoms with Crippen LogP contribution in [0.4, 0.5) is 5.69 Å². The fourth-order valence-electron chi connectivity index (χ4n) is 3.31. The van der Waals surface area contributed by atoms with Crippen LogP contribution in [0, 0.1) is 0 Å².